The van der Waals surface area contributed by atoms with Crippen LogP contribution < -0.4 is 5.32 Å². The van der Waals surface area contributed by atoms with Gasteiger partial charge < -0.3 is 5.32 Å². The molecule has 1 nitrogen and oxygen atoms in total. The lowest BCUT2D eigenvalue weighted by Crippen LogP contribution is -2.08. The van der Waals surface area contributed by atoms with Crippen molar-refractivity contribution in [1.29, 1.82) is 0 Å². The maximum atomic E-state index is 3.85. The van der Waals surface area contributed by atoms with Crippen LogP contribution in [-0.4, -0.2) is 0 Å². The molecule has 0 unspecified atom stereocenters. The third kappa shape index (κ3) is 3.76. The second kappa shape index (κ2) is 5.38. The Balaban J connectivity index is 2.31. The molecule has 0 radical (unpaired) electrons. The van der Waals surface area contributed by atoms with Crippen molar-refractivity contribution in [2.45, 2.75) is 6.54 Å². The Hall–Kier alpha value is -1.28. The summed E-state index contributed by atoms with van der Waals surface area (Å²) < 4.78 is 0. The fraction of sp³-hybridized carbons (Fsp3) is 0.0909. The number of allylic oxidation sites excluding steroid dienone is 3. The summed E-state index contributed by atoms with van der Waals surface area (Å²) in [5.41, 5.74) is 0.910. The van der Waals surface area contributed by atoms with Gasteiger partial charge >= 0.3 is 0 Å². The first-order chi connectivity index (χ1) is 6.33. The van der Waals surface area contributed by atoms with Gasteiger partial charge in [-0.1, -0.05) is 31.4 Å². The second-order valence-electron chi connectivity index (χ2n) is 2.55. The molecule has 0 aromatic carbocycles. The van der Waals surface area contributed by atoms with E-state index in [2.05, 4.69) is 29.9 Å². The highest BCUT2D eigenvalue weighted by Gasteiger charge is 1.91. The Kier molecular flexibility index (Phi) is 4.06. The number of hydrogen-bond acceptors (Lipinski definition) is 2. The van der Waals surface area contributed by atoms with Gasteiger partial charge in [0.15, 0.2) is 0 Å². The van der Waals surface area contributed by atoms with Gasteiger partial charge in [-0.25, -0.2) is 0 Å². The summed E-state index contributed by atoms with van der Waals surface area (Å²) in [7, 11) is 0. The quantitative estimate of drug-likeness (QED) is 0.705. The van der Waals surface area contributed by atoms with Crippen molar-refractivity contribution < 1.29 is 0 Å². The van der Waals surface area contributed by atoms with E-state index in [0.717, 1.165) is 12.2 Å². The van der Waals surface area contributed by atoms with Crippen molar-refractivity contribution in [3.63, 3.8) is 0 Å². The minimum atomic E-state index is 0.845. The Morgan fingerprint density at radius 3 is 3.08 bits per heavy atom. The Morgan fingerprint density at radius 2 is 2.46 bits per heavy atom. The summed E-state index contributed by atoms with van der Waals surface area (Å²) in [5.74, 6) is 0. The molecule has 1 aromatic rings. The molecule has 2 heteroatoms. The molecular formula is C11H13NS. The molecule has 0 aliphatic rings. The van der Waals surface area contributed by atoms with Crippen LogP contribution in [0.5, 0.6) is 0 Å². The first-order valence-corrected chi connectivity index (χ1v) is 4.95. The predicted octanol–water partition coefficient (Wildman–Crippen LogP) is 3.09. The average molecular weight is 191 g/mol. The number of hydrogen-bond donors (Lipinski definition) is 1. The Morgan fingerprint density at radius 1 is 1.62 bits per heavy atom. The lowest BCUT2D eigenvalue weighted by molar-refractivity contribution is 0.851. The molecule has 1 N–H and O–H groups in total. The molecule has 0 fully saturated rings. The van der Waals surface area contributed by atoms with Crippen molar-refractivity contribution in [2.24, 2.45) is 0 Å². The SMILES string of the molecule is C=C/C=C\C(=C)NCc1cccs1. The zero-order valence-corrected chi connectivity index (χ0v) is 8.31. The summed E-state index contributed by atoms with van der Waals surface area (Å²) in [6, 6.07) is 4.15. The fourth-order valence-corrected chi connectivity index (χ4v) is 1.50. The summed E-state index contributed by atoms with van der Waals surface area (Å²) >= 11 is 1.74. The van der Waals surface area contributed by atoms with Crippen LogP contribution in [0.25, 0.3) is 0 Å². The van der Waals surface area contributed by atoms with Crippen molar-refractivity contribution in [3.8, 4) is 0 Å². The van der Waals surface area contributed by atoms with Gasteiger partial charge in [0.25, 0.3) is 0 Å². The highest BCUT2D eigenvalue weighted by atomic mass is 32.1. The molecule has 1 rings (SSSR count). The summed E-state index contributed by atoms with van der Waals surface area (Å²) in [4.78, 5) is 1.31. The normalized spacial score (nSPS) is 10.2. The van der Waals surface area contributed by atoms with Crippen LogP contribution in [0.3, 0.4) is 0 Å². The van der Waals surface area contributed by atoms with Crippen LogP contribution in [0.1, 0.15) is 4.88 Å². The summed E-state index contributed by atoms with van der Waals surface area (Å²) in [5, 5.41) is 5.27. The van der Waals surface area contributed by atoms with Crippen LogP contribution in [0.4, 0.5) is 0 Å². The minimum absolute atomic E-state index is 0.845. The van der Waals surface area contributed by atoms with Crippen LogP contribution in [0, 0.1) is 0 Å². The molecule has 0 amide bonds. The van der Waals surface area contributed by atoms with E-state index in [0.29, 0.717) is 0 Å². The van der Waals surface area contributed by atoms with Gasteiger partial charge in [0.1, 0.15) is 0 Å². The van der Waals surface area contributed by atoms with E-state index in [-0.39, 0.29) is 0 Å². The fourth-order valence-electron chi connectivity index (χ4n) is 0.857. The first-order valence-electron chi connectivity index (χ1n) is 4.07. The molecule has 0 saturated heterocycles. The molecule has 68 valence electrons. The maximum Gasteiger partial charge on any atom is 0.0493 e. The van der Waals surface area contributed by atoms with E-state index in [9.17, 15) is 0 Å². The van der Waals surface area contributed by atoms with Gasteiger partial charge in [0.2, 0.25) is 0 Å². The molecule has 0 aliphatic carbocycles. The van der Waals surface area contributed by atoms with Crippen molar-refractivity contribution in [2.75, 3.05) is 0 Å². The van der Waals surface area contributed by atoms with Crippen LogP contribution in [0.15, 0.2) is 54.6 Å². The van der Waals surface area contributed by atoms with E-state index >= 15 is 0 Å². The smallest absolute Gasteiger partial charge is 0.0493 e. The predicted molar refractivity (Wildman–Crippen MR) is 59.6 cm³/mol. The van der Waals surface area contributed by atoms with Gasteiger partial charge in [0, 0.05) is 17.1 Å². The van der Waals surface area contributed by atoms with Gasteiger partial charge in [-0.3, -0.25) is 0 Å². The number of rotatable bonds is 5. The molecule has 0 spiro atoms. The standard InChI is InChI=1S/C11H13NS/c1-3-4-6-10(2)12-9-11-7-5-8-13-11/h3-8,12H,1-2,9H2/b6-4-. The van der Waals surface area contributed by atoms with Crippen LogP contribution >= 0.6 is 11.3 Å². The second-order valence-corrected chi connectivity index (χ2v) is 3.59. The van der Waals surface area contributed by atoms with E-state index in [1.54, 1.807) is 17.4 Å². The zero-order valence-electron chi connectivity index (χ0n) is 7.49. The molecule has 0 bridgehead atoms. The highest BCUT2D eigenvalue weighted by Crippen LogP contribution is 2.08. The summed E-state index contributed by atoms with van der Waals surface area (Å²) in [6.07, 6.45) is 5.50. The Bertz CT molecular complexity index is 296. The van der Waals surface area contributed by atoms with E-state index < -0.39 is 0 Å². The largest absolute Gasteiger partial charge is 0.381 e. The molecule has 0 aliphatic heterocycles. The average Bonchev–Trinajstić information content (AvgIpc) is 2.64. The molecule has 13 heavy (non-hydrogen) atoms. The van der Waals surface area contributed by atoms with Crippen LogP contribution in [0.2, 0.25) is 0 Å². The van der Waals surface area contributed by atoms with E-state index in [4.69, 9.17) is 0 Å². The van der Waals surface area contributed by atoms with E-state index in [1.165, 1.54) is 4.88 Å². The number of nitrogens with one attached hydrogen (secondary N) is 1. The van der Waals surface area contributed by atoms with E-state index in [1.807, 2.05) is 18.2 Å². The molecule has 1 aromatic heterocycles. The first kappa shape index (κ1) is 9.81. The van der Waals surface area contributed by atoms with Gasteiger partial charge in [-0.05, 0) is 17.5 Å². The van der Waals surface area contributed by atoms with Crippen molar-refractivity contribution in [1.82, 2.24) is 5.32 Å². The molecule has 0 saturated carbocycles. The number of thiophene rings is 1. The lowest BCUT2D eigenvalue weighted by atomic mass is 10.4. The van der Waals surface area contributed by atoms with Gasteiger partial charge in [0.05, 0.1) is 0 Å². The summed E-state index contributed by atoms with van der Waals surface area (Å²) in [6.45, 7) is 8.28. The minimum Gasteiger partial charge on any atom is -0.381 e. The third-order valence-electron chi connectivity index (χ3n) is 1.50. The van der Waals surface area contributed by atoms with Crippen molar-refractivity contribution in [3.05, 3.63) is 59.5 Å². The highest BCUT2D eigenvalue weighted by molar-refractivity contribution is 7.09. The molecular weight excluding hydrogens is 178 g/mol. The maximum absolute atomic E-state index is 3.85. The van der Waals surface area contributed by atoms with Crippen molar-refractivity contribution >= 4 is 11.3 Å². The van der Waals surface area contributed by atoms with Gasteiger partial charge in [-0.15, -0.1) is 11.3 Å². The Labute approximate surface area is 83.1 Å². The molecule has 1 heterocycles. The zero-order chi connectivity index (χ0) is 9.52. The topological polar surface area (TPSA) is 12.0 Å². The monoisotopic (exact) mass is 191 g/mol. The molecule has 0 atom stereocenters. The third-order valence-corrected chi connectivity index (χ3v) is 2.38. The van der Waals surface area contributed by atoms with Crippen LogP contribution in [-0.2, 0) is 6.54 Å². The lowest BCUT2D eigenvalue weighted by Gasteiger charge is -2.02. The van der Waals surface area contributed by atoms with Gasteiger partial charge in [-0.2, -0.15) is 0 Å².